The van der Waals surface area contributed by atoms with Gasteiger partial charge in [0.05, 0.1) is 49.4 Å². The summed E-state index contributed by atoms with van der Waals surface area (Å²) in [4.78, 5) is 103. The fraction of sp³-hybridized carbons (Fsp3) is 0.293. The van der Waals surface area contributed by atoms with E-state index in [-0.39, 0.29) is 50.6 Å². The summed E-state index contributed by atoms with van der Waals surface area (Å²) in [7, 11) is 2.70. The molecule has 0 aliphatic carbocycles. The molecule has 119 heavy (non-hydrogen) atoms. The second-order valence-electron chi connectivity index (χ2n) is 28.6. The maximum absolute atomic E-state index is 12.3. The Morgan fingerprint density at radius 2 is 0.916 bits per heavy atom. The molecule has 0 bridgehead atoms. The number of esters is 2. The molecule has 1 fully saturated rings. The van der Waals surface area contributed by atoms with E-state index in [1.807, 2.05) is 182 Å². The van der Waals surface area contributed by atoms with Crippen LogP contribution in [0, 0.1) is 27.7 Å². The number of aldehydes is 2. The highest BCUT2D eigenvalue weighted by molar-refractivity contribution is 9.10. The Bertz CT molecular complexity index is 5950. The fourth-order valence-electron chi connectivity index (χ4n) is 11.3. The molecule has 1 aliphatic rings. The molecule has 0 atom stereocenters. The number of nitrogens with one attached hydrogen (secondary N) is 1. The quantitative estimate of drug-likeness (QED) is 0.0194. The molecule has 31 nitrogen and oxygen atoms in total. The Hall–Kier alpha value is -9.42. The number of rotatable bonds is 14. The van der Waals surface area contributed by atoms with Crippen molar-refractivity contribution in [2.24, 2.45) is 17.2 Å². The van der Waals surface area contributed by atoms with Gasteiger partial charge in [0.2, 0.25) is 0 Å². The molecule has 0 saturated carbocycles. The van der Waals surface area contributed by atoms with Crippen molar-refractivity contribution in [3.63, 3.8) is 0 Å². The Morgan fingerprint density at radius 3 is 1.23 bits per heavy atom. The Morgan fingerprint density at radius 1 is 0.563 bits per heavy atom. The van der Waals surface area contributed by atoms with E-state index >= 15 is 0 Å². The highest BCUT2D eigenvalue weighted by Crippen LogP contribution is 2.37. The van der Waals surface area contributed by atoms with Crippen molar-refractivity contribution in [3.8, 4) is 22.3 Å². The highest BCUT2D eigenvalue weighted by Gasteiger charge is 2.52. The van der Waals surface area contributed by atoms with Crippen LogP contribution in [0.15, 0.2) is 139 Å². The average molecular weight is 1940 g/mol. The number of nitrogens with two attached hydrogens (primary N) is 4. The van der Waals surface area contributed by atoms with Crippen LogP contribution >= 0.6 is 45.4 Å². The Balaban J connectivity index is 0.000000266. The van der Waals surface area contributed by atoms with Gasteiger partial charge in [-0.3, -0.25) is 33.9 Å². The van der Waals surface area contributed by atoms with Crippen molar-refractivity contribution in [2.45, 2.75) is 144 Å². The van der Waals surface area contributed by atoms with Crippen molar-refractivity contribution in [1.82, 2.24) is 67.7 Å². The zero-order valence-corrected chi connectivity index (χ0v) is 78.1. The summed E-state index contributed by atoms with van der Waals surface area (Å²) < 4.78 is 34.0. The van der Waals surface area contributed by atoms with Crippen LogP contribution in [-0.4, -0.2) is 155 Å². The smallest absolute Gasteiger partial charge is 0.480 e. The van der Waals surface area contributed by atoms with Gasteiger partial charge in [0, 0.05) is 223 Å². The normalized spacial score (nSPS) is 12.2. The number of amides is 3. The number of aromatic nitrogens is 14. The number of alkyl halides is 1. The van der Waals surface area contributed by atoms with Crippen LogP contribution in [0.5, 0.6) is 0 Å². The lowest BCUT2D eigenvalue weighted by atomic mass is 9.78. The van der Waals surface area contributed by atoms with Crippen LogP contribution in [0.25, 0.3) is 71.9 Å². The van der Waals surface area contributed by atoms with Gasteiger partial charge in [-0.05, 0) is 160 Å². The first-order valence-corrected chi connectivity index (χ1v) is 44.5. The Kier molecular flexibility index (Phi) is 37.7. The third-order valence-electron chi connectivity index (χ3n) is 16.7. The zero-order valence-electron chi connectivity index (χ0n) is 66.5. The van der Waals surface area contributed by atoms with Crippen LogP contribution in [-0.2, 0) is 156 Å². The number of carboxylic acids is 1. The van der Waals surface area contributed by atoms with Crippen molar-refractivity contribution in [2.75, 3.05) is 5.73 Å². The first-order valence-electron chi connectivity index (χ1n) is 34.8. The number of aromatic amines is 1. The molecule has 13 aromatic rings. The van der Waals surface area contributed by atoms with Gasteiger partial charge in [-0.1, -0.05) is 40.2 Å². The number of nitrogens with zero attached hydrogens (tertiary/aromatic N) is 13. The fourth-order valence-corrected chi connectivity index (χ4v) is 11.6. The monoisotopic (exact) mass is 1930 g/mol. The zero-order chi connectivity index (χ0) is 88.1. The summed E-state index contributed by atoms with van der Waals surface area (Å²) in [5.74, 6) is -2.94. The number of aliphatic carboxylic acids is 1. The maximum atomic E-state index is 12.3. The van der Waals surface area contributed by atoms with E-state index in [0.29, 0.717) is 56.7 Å². The van der Waals surface area contributed by atoms with Gasteiger partial charge < -0.3 is 70.1 Å². The lowest BCUT2D eigenvalue weighted by Crippen LogP contribution is -2.41. The summed E-state index contributed by atoms with van der Waals surface area (Å²) in [5, 5.41) is 30.3. The lowest BCUT2D eigenvalue weighted by Gasteiger charge is -2.32. The van der Waals surface area contributed by atoms with Crippen LogP contribution in [0.4, 0.5) is 5.82 Å². The van der Waals surface area contributed by atoms with Gasteiger partial charge in [0.1, 0.15) is 54.1 Å². The lowest BCUT2D eigenvalue weighted by molar-refractivity contribution is -0.156. The third-order valence-corrected chi connectivity index (χ3v) is 19.8. The molecule has 3 aromatic carbocycles. The minimum absolute atomic E-state index is 0. The topological polar surface area (TPSA) is 432 Å². The third kappa shape index (κ3) is 28.6. The second kappa shape index (κ2) is 44.8. The average Bonchev–Trinajstić information content (AvgIpc) is 1.62. The molecule has 0 unspecified atom stereocenters. The van der Waals surface area contributed by atoms with Gasteiger partial charge >= 0.3 is 25.0 Å². The number of carboxylic acid groups (broad SMARTS) is 1. The second-order valence-corrected chi connectivity index (χ2v) is 35.9. The number of carbonyl (C=O) groups is 8. The number of hydrogen-bond acceptors (Lipinski definition) is 26. The number of carbonyl (C=O) groups excluding carboxylic acids is 7. The number of primary amides is 3. The summed E-state index contributed by atoms with van der Waals surface area (Å²) in [6, 6.07) is 24.1. The molecular formula is C75H85BBr2N18O13S10. The molecule has 44 heteroatoms. The molecule has 3 amide bonds. The standard InChI is InChI=1S/C22H23N5O3.C21H29BN2O5.C18H15N5O3.C7H6BrN3.C4H7N3.C3H3BrO2.S4.S3.S2.H2S/c1-13-7-19-24-9-15(10-27(19)25-13)14-5-6-18-16(8-14)17(21(23)29)11-26(18)12-20(28)30-22(2,3)4;1-19(2,3)27-17(25)12-24-11-15(18(23)26)14-10-13(8-9-16(14)24)22-28-20(4,5)21(6,7)29-22;1-10-4-16-20-6-12(7-23(16)21-10)11-2-3-15-13(5-11)14(18(19)26)8-22(15)9-17(24)25;1-5-2-7-9-3-6(8)4-11(7)10-5;1-3-2-4(5)7-6-3;4-3(1-5)2-6;1-3-4-2;1-3-2;1-2;/h5-11H,12H2,1-4H3,(H2,23,29);8-11H,12H2,1-7H3,(H2,23,26);2-8H,9H2,1H3,(H2,19,26)(H,24,25);2-4H,1H3;2H,1H3,(H3,5,6,7);1-3H;;;;1H2. The number of hydrogen-bond donors (Lipinski definition) is 6. The number of anilines is 1. The number of nitrogen functional groups attached to an aromatic ring is 1. The van der Waals surface area contributed by atoms with Crippen LogP contribution < -0.4 is 28.4 Å². The van der Waals surface area contributed by atoms with Crippen molar-refractivity contribution in [1.29, 1.82) is 0 Å². The molecule has 0 radical (unpaired) electrons. The van der Waals surface area contributed by atoms with E-state index in [2.05, 4.69) is 139 Å². The van der Waals surface area contributed by atoms with Gasteiger partial charge in [-0.2, -0.15) is 33.9 Å². The predicted molar refractivity (Wildman–Crippen MR) is 495 cm³/mol. The number of benzene rings is 3. The van der Waals surface area contributed by atoms with E-state index in [1.54, 1.807) is 65.8 Å². The van der Waals surface area contributed by atoms with Crippen molar-refractivity contribution >= 4 is 255 Å². The number of halogens is 2. The van der Waals surface area contributed by atoms with Gasteiger partial charge in [-0.15, -0.1) is 0 Å². The largest absolute Gasteiger partial charge is 0.494 e. The van der Waals surface area contributed by atoms with Gasteiger partial charge in [0.15, 0.2) is 16.9 Å². The minimum atomic E-state index is -0.995. The van der Waals surface area contributed by atoms with Crippen LogP contribution in [0.2, 0.25) is 0 Å². The number of H-pyrrole nitrogens is 1. The molecule has 10 aromatic heterocycles. The van der Waals surface area contributed by atoms with E-state index in [9.17, 15) is 38.4 Å². The summed E-state index contributed by atoms with van der Waals surface area (Å²) in [5.41, 5.74) is 33.1. The predicted octanol–water partition coefficient (Wildman–Crippen LogP) is 9.66. The van der Waals surface area contributed by atoms with E-state index in [0.717, 1.165) is 86.3 Å². The number of aryl methyl sites for hydroxylation is 4. The van der Waals surface area contributed by atoms with Crippen LogP contribution in [0.3, 0.4) is 0 Å². The van der Waals surface area contributed by atoms with Gasteiger partial charge in [-0.25, -0.2) is 28.5 Å². The molecule has 1 saturated heterocycles. The summed E-state index contributed by atoms with van der Waals surface area (Å²) >= 11 is 30.3. The molecular weight excluding hydrogens is 1850 g/mol. The molecule has 11 heterocycles. The first-order chi connectivity index (χ1) is 55.4. The Labute approximate surface area is 746 Å². The van der Waals surface area contributed by atoms with E-state index < -0.39 is 58.0 Å². The van der Waals surface area contributed by atoms with Gasteiger partial charge in [0.25, 0.3) is 17.7 Å². The summed E-state index contributed by atoms with van der Waals surface area (Å²) in [6.45, 7) is 26.2. The highest BCUT2D eigenvalue weighted by atomic mass is 79.9. The molecule has 0 spiro atoms. The van der Waals surface area contributed by atoms with E-state index in [1.165, 1.54) is 28.5 Å². The molecule has 10 N–H and O–H groups in total. The maximum Gasteiger partial charge on any atom is 0.494 e. The van der Waals surface area contributed by atoms with E-state index in [4.69, 9.17) is 46.8 Å². The van der Waals surface area contributed by atoms with Crippen LogP contribution in [0.1, 0.15) is 123 Å². The minimum Gasteiger partial charge on any atom is -0.480 e. The first kappa shape index (κ1) is 100. The molecule has 630 valence electrons. The van der Waals surface area contributed by atoms with Crippen molar-refractivity contribution in [3.05, 3.63) is 179 Å². The summed E-state index contributed by atoms with van der Waals surface area (Å²) in [6.07, 6.45) is 16.6. The SMILES string of the molecule is CC(C)(C)OC(=O)Cn1cc(C(N)=O)c2cc(B3OC(C)(C)C(C)(C)O3)ccc21.Cc1cc(N)n[nH]1.Cc1cc2ncc(-c3ccc4c(c3)c(C(N)=O)cn4CC(=O)O)cn2n1.Cc1cc2ncc(-c3ccc4c(c3)c(C(N)=O)cn4CC(=O)OC(C)(C)C)cn2n1.Cc1cc2ncc(Br)cn2n1.O=CC(Br)C=O.S.S=S.S=S=S.S=S=S=S. The molecule has 1 aliphatic heterocycles. The van der Waals surface area contributed by atoms with Crippen molar-refractivity contribution < 1.29 is 62.2 Å². The molecule has 14 rings (SSSR count). The number of ether oxygens (including phenoxy) is 2. The number of fused-ring (bicyclic) bond motifs is 6.